The number of aryl methyl sites for hydroxylation is 1. The van der Waals surface area contributed by atoms with Gasteiger partial charge in [-0.05, 0) is 38.0 Å². The van der Waals surface area contributed by atoms with E-state index in [4.69, 9.17) is 0 Å². The molecule has 5 heteroatoms. The first kappa shape index (κ1) is 22.0. The molecule has 0 aliphatic heterocycles. The monoisotopic (exact) mass is 398 g/mol. The number of nitrogens with zero attached hydrogens (tertiary/aromatic N) is 1. The van der Waals surface area contributed by atoms with Crippen LogP contribution in [-0.2, 0) is 16.1 Å². The van der Waals surface area contributed by atoms with E-state index < -0.39 is 6.04 Å². The Balaban J connectivity index is 2.00. The summed E-state index contributed by atoms with van der Waals surface area (Å²) in [7, 11) is 0. The molecule has 0 radical (unpaired) electrons. The predicted molar refractivity (Wildman–Crippen MR) is 116 cm³/mol. The summed E-state index contributed by atoms with van der Waals surface area (Å²) in [6, 6.07) is 17.6. The maximum absolute atomic E-state index is 12.9. The smallest absolute Gasteiger partial charge is 0.242 e. The van der Waals surface area contributed by atoms with Gasteiger partial charge in [0.25, 0.3) is 0 Å². The summed E-state index contributed by atoms with van der Waals surface area (Å²) < 4.78 is 0. The number of carbonyl (C=O) groups excluding carboxylic acids is 2. The molecule has 150 valence electrons. The van der Waals surface area contributed by atoms with Crippen LogP contribution in [0.2, 0.25) is 0 Å². The maximum Gasteiger partial charge on any atom is 0.242 e. The molecule has 1 atom stereocenters. The van der Waals surface area contributed by atoms with E-state index >= 15 is 0 Å². The van der Waals surface area contributed by atoms with Crippen LogP contribution >= 0.6 is 11.8 Å². The van der Waals surface area contributed by atoms with Crippen molar-refractivity contribution in [2.24, 2.45) is 0 Å². The fraction of sp³-hybridized carbons (Fsp3) is 0.391. The van der Waals surface area contributed by atoms with Gasteiger partial charge in [-0.2, -0.15) is 0 Å². The molecule has 0 aromatic heterocycles. The van der Waals surface area contributed by atoms with Gasteiger partial charge in [-0.15, -0.1) is 11.8 Å². The molecule has 0 spiro atoms. The van der Waals surface area contributed by atoms with Gasteiger partial charge in [-0.1, -0.05) is 55.0 Å². The van der Waals surface area contributed by atoms with Crippen LogP contribution in [0.25, 0.3) is 0 Å². The van der Waals surface area contributed by atoms with Gasteiger partial charge in [0.15, 0.2) is 0 Å². The van der Waals surface area contributed by atoms with E-state index in [2.05, 4.69) is 36.5 Å². The molecule has 0 unspecified atom stereocenters. The minimum absolute atomic E-state index is 0.00242. The van der Waals surface area contributed by atoms with Crippen LogP contribution in [0.3, 0.4) is 0 Å². The van der Waals surface area contributed by atoms with E-state index in [1.54, 1.807) is 23.6 Å². The zero-order chi connectivity index (χ0) is 20.4. The molecule has 0 heterocycles. The van der Waals surface area contributed by atoms with Gasteiger partial charge in [0.05, 0.1) is 0 Å². The number of thioether (sulfide) groups is 1. The molecule has 0 bridgehead atoms. The van der Waals surface area contributed by atoms with E-state index in [1.807, 2.05) is 37.3 Å². The van der Waals surface area contributed by atoms with Gasteiger partial charge < -0.3 is 10.2 Å². The van der Waals surface area contributed by atoms with Crippen LogP contribution in [0.4, 0.5) is 0 Å². The molecule has 2 aromatic carbocycles. The van der Waals surface area contributed by atoms with Crippen molar-refractivity contribution in [2.75, 3.05) is 12.3 Å². The highest BCUT2D eigenvalue weighted by Gasteiger charge is 2.25. The molecule has 0 aliphatic carbocycles. The predicted octanol–water partition coefficient (Wildman–Crippen LogP) is 4.42. The summed E-state index contributed by atoms with van der Waals surface area (Å²) in [6.07, 6.45) is 1.27. The van der Waals surface area contributed by atoms with E-state index in [-0.39, 0.29) is 11.8 Å². The minimum Gasteiger partial charge on any atom is -0.354 e. The Morgan fingerprint density at radius 2 is 1.75 bits per heavy atom. The molecule has 28 heavy (non-hydrogen) atoms. The first-order valence-electron chi connectivity index (χ1n) is 9.81. The Morgan fingerprint density at radius 3 is 2.39 bits per heavy atom. The quantitative estimate of drug-likeness (QED) is 0.603. The third kappa shape index (κ3) is 7.04. The summed E-state index contributed by atoms with van der Waals surface area (Å²) in [4.78, 5) is 28.2. The Labute approximate surface area is 172 Å². The maximum atomic E-state index is 12.9. The molecule has 1 N–H and O–H groups in total. The Hall–Kier alpha value is -2.27. The molecule has 0 saturated carbocycles. The standard InChI is InChI=1S/C23H30N2O2S/c1-4-15-24-23(27)19(3)25(17-20-8-6-5-7-9-20)22(26)14-16-28-21-12-10-18(2)11-13-21/h5-13,19H,4,14-17H2,1-3H3,(H,24,27)/t19-/m1/s1. The van der Waals surface area contributed by atoms with Crippen LogP contribution in [0.1, 0.15) is 37.8 Å². The summed E-state index contributed by atoms with van der Waals surface area (Å²) in [5.74, 6) is 0.594. The van der Waals surface area contributed by atoms with E-state index in [9.17, 15) is 9.59 Å². The van der Waals surface area contributed by atoms with Crippen LogP contribution in [0, 0.1) is 6.92 Å². The molecule has 2 aromatic rings. The fourth-order valence-electron chi connectivity index (χ4n) is 2.79. The van der Waals surface area contributed by atoms with Crippen molar-refractivity contribution in [3.63, 3.8) is 0 Å². The topological polar surface area (TPSA) is 49.4 Å². The van der Waals surface area contributed by atoms with Crippen molar-refractivity contribution in [3.8, 4) is 0 Å². The van der Waals surface area contributed by atoms with E-state index in [1.165, 1.54) is 5.56 Å². The molecule has 0 saturated heterocycles. The first-order valence-corrected chi connectivity index (χ1v) is 10.8. The molecule has 2 rings (SSSR count). The van der Waals surface area contributed by atoms with Crippen LogP contribution in [-0.4, -0.2) is 35.1 Å². The average molecular weight is 399 g/mol. The lowest BCUT2D eigenvalue weighted by Crippen LogP contribution is -2.47. The lowest BCUT2D eigenvalue weighted by Gasteiger charge is -2.29. The summed E-state index contributed by atoms with van der Waals surface area (Å²) >= 11 is 1.67. The normalized spacial score (nSPS) is 11.7. The highest BCUT2D eigenvalue weighted by Crippen LogP contribution is 2.20. The van der Waals surface area contributed by atoms with Gasteiger partial charge in [0.2, 0.25) is 11.8 Å². The fourth-order valence-corrected chi connectivity index (χ4v) is 3.63. The molecular formula is C23H30N2O2S. The molecule has 2 amide bonds. The second-order valence-electron chi connectivity index (χ2n) is 6.89. The Kier molecular flexibility index (Phi) is 9.08. The van der Waals surface area contributed by atoms with Crippen molar-refractivity contribution in [1.29, 1.82) is 0 Å². The second-order valence-corrected chi connectivity index (χ2v) is 8.05. The summed E-state index contributed by atoms with van der Waals surface area (Å²) in [5, 5.41) is 2.90. The van der Waals surface area contributed by atoms with E-state index in [0.717, 1.165) is 16.9 Å². The molecule has 0 aliphatic rings. The molecule has 4 nitrogen and oxygen atoms in total. The van der Waals surface area contributed by atoms with Gasteiger partial charge in [-0.3, -0.25) is 9.59 Å². The van der Waals surface area contributed by atoms with E-state index in [0.29, 0.717) is 25.3 Å². The lowest BCUT2D eigenvalue weighted by molar-refractivity contribution is -0.140. The number of hydrogen-bond acceptors (Lipinski definition) is 3. The summed E-state index contributed by atoms with van der Waals surface area (Å²) in [6.45, 7) is 6.94. The van der Waals surface area contributed by atoms with Crippen LogP contribution in [0.5, 0.6) is 0 Å². The van der Waals surface area contributed by atoms with Crippen molar-refractivity contribution >= 4 is 23.6 Å². The number of rotatable bonds is 10. The SMILES string of the molecule is CCCNC(=O)[C@@H](C)N(Cc1ccccc1)C(=O)CCSc1ccc(C)cc1. The van der Waals surface area contributed by atoms with Crippen molar-refractivity contribution in [3.05, 3.63) is 65.7 Å². The summed E-state index contributed by atoms with van der Waals surface area (Å²) in [5.41, 5.74) is 2.25. The van der Waals surface area contributed by atoms with Gasteiger partial charge in [0, 0.05) is 30.2 Å². The minimum atomic E-state index is -0.497. The van der Waals surface area contributed by atoms with Gasteiger partial charge in [0.1, 0.15) is 6.04 Å². The van der Waals surface area contributed by atoms with Crippen LogP contribution in [0.15, 0.2) is 59.5 Å². The second kappa shape index (κ2) is 11.5. The zero-order valence-corrected chi connectivity index (χ0v) is 17.8. The van der Waals surface area contributed by atoms with Crippen molar-refractivity contribution in [1.82, 2.24) is 10.2 Å². The van der Waals surface area contributed by atoms with Crippen molar-refractivity contribution < 1.29 is 9.59 Å². The van der Waals surface area contributed by atoms with Crippen molar-refractivity contribution in [2.45, 2.75) is 51.1 Å². The zero-order valence-electron chi connectivity index (χ0n) is 17.0. The number of amides is 2. The van der Waals surface area contributed by atoms with Crippen LogP contribution < -0.4 is 5.32 Å². The third-order valence-electron chi connectivity index (χ3n) is 4.52. The number of carbonyl (C=O) groups is 2. The molecular weight excluding hydrogens is 368 g/mol. The number of benzene rings is 2. The van der Waals surface area contributed by atoms with Gasteiger partial charge in [-0.25, -0.2) is 0 Å². The number of hydrogen-bond donors (Lipinski definition) is 1. The number of nitrogens with one attached hydrogen (secondary N) is 1. The van der Waals surface area contributed by atoms with Gasteiger partial charge >= 0.3 is 0 Å². The average Bonchev–Trinajstić information content (AvgIpc) is 2.71. The Morgan fingerprint density at radius 1 is 1.07 bits per heavy atom. The molecule has 0 fully saturated rings. The Bertz CT molecular complexity index is 747. The highest BCUT2D eigenvalue weighted by atomic mass is 32.2. The third-order valence-corrected chi connectivity index (χ3v) is 5.53. The highest BCUT2D eigenvalue weighted by molar-refractivity contribution is 7.99. The largest absolute Gasteiger partial charge is 0.354 e. The first-order chi connectivity index (χ1) is 13.5. The lowest BCUT2D eigenvalue weighted by atomic mass is 10.1.